The quantitative estimate of drug-likeness (QED) is 0.610. The average Bonchev–Trinajstić information content (AvgIpc) is 2.59. The molecule has 16 heavy (non-hydrogen) atoms. The van der Waals surface area contributed by atoms with Gasteiger partial charge in [-0.25, -0.2) is 4.39 Å². The third-order valence-electron chi connectivity index (χ3n) is 2.78. The van der Waals surface area contributed by atoms with Crippen molar-refractivity contribution in [1.29, 1.82) is 0 Å². The Kier molecular flexibility index (Phi) is 1.98. The fraction of sp³-hybridized carbons (Fsp3) is 0. The minimum absolute atomic E-state index is 0.114. The van der Waals surface area contributed by atoms with Gasteiger partial charge in [-0.05, 0) is 33.1 Å². The molecule has 2 aromatic carbocycles. The maximum atomic E-state index is 13.4. The van der Waals surface area contributed by atoms with E-state index < -0.39 is 5.82 Å². The first kappa shape index (κ1) is 9.73. The summed E-state index contributed by atoms with van der Waals surface area (Å²) in [5.41, 5.74) is 2.75. The molecule has 0 N–H and O–H groups in total. The van der Waals surface area contributed by atoms with Crippen LogP contribution in [0.1, 0.15) is 15.9 Å². The number of rotatable bonds is 0. The number of ketones is 1. The number of fused-ring (bicyclic) bond motifs is 3. The molecule has 0 aromatic heterocycles. The highest BCUT2D eigenvalue weighted by Crippen LogP contribution is 2.40. The van der Waals surface area contributed by atoms with Gasteiger partial charge in [0.25, 0.3) is 0 Å². The van der Waals surface area contributed by atoms with Crippen molar-refractivity contribution in [1.82, 2.24) is 0 Å². The van der Waals surface area contributed by atoms with E-state index >= 15 is 0 Å². The molecule has 0 unspecified atom stereocenters. The number of benzene rings is 2. The summed E-state index contributed by atoms with van der Waals surface area (Å²) in [6.07, 6.45) is 0. The molecule has 1 aliphatic rings. The molecule has 0 aliphatic heterocycles. The van der Waals surface area contributed by atoms with Gasteiger partial charge in [0.15, 0.2) is 5.78 Å². The number of hydrogen-bond acceptors (Lipinski definition) is 1. The summed E-state index contributed by atoms with van der Waals surface area (Å²) in [5.74, 6) is -0.517. The van der Waals surface area contributed by atoms with Crippen LogP contribution in [0, 0.1) is 5.82 Å². The van der Waals surface area contributed by atoms with E-state index in [4.69, 9.17) is 0 Å². The summed E-state index contributed by atoms with van der Waals surface area (Å²) < 4.78 is 13.6. The van der Waals surface area contributed by atoms with Gasteiger partial charge in [-0.2, -0.15) is 0 Å². The van der Waals surface area contributed by atoms with Crippen molar-refractivity contribution < 1.29 is 9.18 Å². The molecule has 0 spiro atoms. The van der Waals surface area contributed by atoms with Gasteiger partial charge in [-0.1, -0.05) is 30.3 Å². The third kappa shape index (κ3) is 1.12. The van der Waals surface area contributed by atoms with E-state index in [0.29, 0.717) is 11.1 Å². The molecule has 1 nitrogen and oxygen atoms in total. The number of carbonyl (C=O) groups excluding carboxylic acids is 1. The lowest BCUT2D eigenvalue weighted by Gasteiger charge is -2.01. The maximum Gasteiger partial charge on any atom is 0.195 e. The Bertz CT molecular complexity index is 619. The van der Waals surface area contributed by atoms with Crippen molar-refractivity contribution in [3.05, 3.63) is 57.8 Å². The van der Waals surface area contributed by atoms with Crippen LogP contribution in [0.25, 0.3) is 11.1 Å². The zero-order valence-corrected chi connectivity index (χ0v) is 9.71. The van der Waals surface area contributed by atoms with Crippen LogP contribution in [-0.2, 0) is 0 Å². The molecular weight excluding hydrogens is 271 g/mol. The molecule has 3 heteroatoms. The second-order valence-corrected chi connectivity index (χ2v) is 4.45. The van der Waals surface area contributed by atoms with Crippen LogP contribution in [0.3, 0.4) is 0 Å². The normalized spacial score (nSPS) is 12.5. The molecule has 0 heterocycles. The molecule has 78 valence electrons. The van der Waals surface area contributed by atoms with Crippen molar-refractivity contribution in [2.45, 2.75) is 0 Å². The largest absolute Gasteiger partial charge is 0.289 e. The molecule has 0 fully saturated rings. The fourth-order valence-electron chi connectivity index (χ4n) is 2.05. The molecule has 0 saturated carbocycles. The fourth-order valence-corrected chi connectivity index (χ4v) is 2.57. The van der Waals surface area contributed by atoms with E-state index in [0.717, 1.165) is 11.1 Å². The summed E-state index contributed by atoms with van der Waals surface area (Å²) >= 11 is 3.13. The minimum atomic E-state index is -0.403. The van der Waals surface area contributed by atoms with Gasteiger partial charge >= 0.3 is 0 Å². The molecular formula is C13H6BrFO. The van der Waals surface area contributed by atoms with Crippen LogP contribution < -0.4 is 0 Å². The molecule has 0 bridgehead atoms. The van der Waals surface area contributed by atoms with Crippen molar-refractivity contribution in [2.75, 3.05) is 0 Å². The standard InChI is InChI=1S/C13H6BrFO/c14-12-10(15)6-5-8-7-3-1-2-4-9(7)13(16)11(8)12/h1-6H. The molecule has 0 amide bonds. The minimum Gasteiger partial charge on any atom is -0.289 e. The summed E-state index contributed by atoms with van der Waals surface area (Å²) in [4.78, 5) is 12.1. The monoisotopic (exact) mass is 276 g/mol. The van der Waals surface area contributed by atoms with E-state index in [9.17, 15) is 9.18 Å². The lowest BCUT2D eigenvalue weighted by Crippen LogP contribution is -1.97. The van der Waals surface area contributed by atoms with E-state index in [-0.39, 0.29) is 10.3 Å². The van der Waals surface area contributed by atoms with Gasteiger partial charge < -0.3 is 0 Å². The Morgan fingerprint density at radius 3 is 2.38 bits per heavy atom. The first-order valence-electron chi connectivity index (χ1n) is 4.82. The summed E-state index contributed by atoms with van der Waals surface area (Å²) in [5, 5.41) is 0. The lowest BCUT2D eigenvalue weighted by atomic mass is 10.1. The van der Waals surface area contributed by atoms with Gasteiger partial charge in [0, 0.05) is 11.1 Å². The molecule has 0 atom stereocenters. The molecule has 2 aromatic rings. The highest BCUT2D eigenvalue weighted by atomic mass is 79.9. The van der Waals surface area contributed by atoms with Crippen molar-refractivity contribution >= 4 is 21.7 Å². The lowest BCUT2D eigenvalue weighted by molar-refractivity contribution is 0.104. The van der Waals surface area contributed by atoms with Crippen molar-refractivity contribution in [3.8, 4) is 11.1 Å². The number of carbonyl (C=O) groups is 1. The first-order valence-corrected chi connectivity index (χ1v) is 5.61. The molecule has 0 radical (unpaired) electrons. The van der Waals surface area contributed by atoms with E-state index in [1.807, 2.05) is 18.2 Å². The molecule has 0 saturated heterocycles. The molecule has 3 rings (SSSR count). The zero-order chi connectivity index (χ0) is 11.3. The average molecular weight is 277 g/mol. The van der Waals surface area contributed by atoms with Crippen LogP contribution in [0.15, 0.2) is 40.9 Å². The van der Waals surface area contributed by atoms with E-state index in [1.54, 1.807) is 12.1 Å². The van der Waals surface area contributed by atoms with Crippen molar-refractivity contribution in [2.24, 2.45) is 0 Å². The van der Waals surface area contributed by atoms with E-state index in [2.05, 4.69) is 15.9 Å². The van der Waals surface area contributed by atoms with Crippen LogP contribution in [0.4, 0.5) is 4.39 Å². The van der Waals surface area contributed by atoms with Gasteiger partial charge in [0.1, 0.15) is 5.82 Å². The first-order chi connectivity index (χ1) is 7.70. The Morgan fingerprint density at radius 1 is 0.938 bits per heavy atom. The van der Waals surface area contributed by atoms with Crippen LogP contribution >= 0.6 is 15.9 Å². The highest BCUT2D eigenvalue weighted by molar-refractivity contribution is 9.10. The third-order valence-corrected chi connectivity index (χ3v) is 3.56. The predicted octanol–water partition coefficient (Wildman–Crippen LogP) is 3.80. The van der Waals surface area contributed by atoms with Gasteiger partial charge in [-0.3, -0.25) is 4.79 Å². The molecule has 1 aliphatic carbocycles. The van der Waals surface area contributed by atoms with Crippen LogP contribution in [-0.4, -0.2) is 5.78 Å². The Hall–Kier alpha value is -1.48. The predicted molar refractivity (Wildman–Crippen MR) is 63.0 cm³/mol. The Balaban J connectivity index is 2.42. The SMILES string of the molecule is O=C1c2ccccc2-c2ccc(F)c(Br)c21. The summed E-state index contributed by atoms with van der Waals surface area (Å²) in [6, 6.07) is 10.4. The summed E-state index contributed by atoms with van der Waals surface area (Å²) in [6.45, 7) is 0. The number of halogens is 2. The van der Waals surface area contributed by atoms with Crippen LogP contribution in [0.5, 0.6) is 0 Å². The second-order valence-electron chi connectivity index (χ2n) is 3.66. The topological polar surface area (TPSA) is 17.1 Å². The van der Waals surface area contributed by atoms with Gasteiger partial charge in [-0.15, -0.1) is 0 Å². The van der Waals surface area contributed by atoms with E-state index in [1.165, 1.54) is 6.07 Å². The van der Waals surface area contributed by atoms with Gasteiger partial charge in [0.05, 0.1) is 4.47 Å². The van der Waals surface area contributed by atoms with Crippen LogP contribution in [0.2, 0.25) is 0 Å². The smallest absolute Gasteiger partial charge is 0.195 e. The Morgan fingerprint density at radius 2 is 1.62 bits per heavy atom. The second kappa shape index (κ2) is 3.25. The maximum absolute atomic E-state index is 13.4. The zero-order valence-electron chi connectivity index (χ0n) is 8.13. The van der Waals surface area contributed by atoms with Crippen molar-refractivity contribution in [3.63, 3.8) is 0 Å². The highest BCUT2D eigenvalue weighted by Gasteiger charge is 2.29. The van der Waals surface area contributed by atoms with Gasteiger partial charge in [0.2, 0.25) is 0 Å². The number of hydrogen-bond donors (Lipinski definition) is 0. The summed E-state index contributed by atoms with van der Waals surface area (Å²) in [7, 11) is 0. The Labute approximate surface area is 100 Å².